The lowest BCUT2D eigenvalue weighted by Gasteiger charge is -2.30. The van der Waals surface area contributed by atoms with Crippen molar-refractivity contribution in [3.05, 3.63) is 12.2 Å². The van der Waals surface area contributed by atoms with Gasteiger partial charge >= 0.3 is 0 Å². The maximum atomic E-state index is 11.9. The third kappa shape index (κ3) is 25.3. The summed E-state index contributed by atoms with van der Waals surface area (Å²) in [5.74, 6) is -0.915. The van der Waals surface area contributed by atoms with Gasteiger partial charge in [0, 0.05) is 19.4 Å². The number of hydrogen-bond donors (Lipinski definition) is 1. The Morgan fingerprint density at radius 3 is 1.68 bits per heavy atom. The monoisotopic (exact) mass is 480 g/mol. The van der Waals surface area contributed by atoms with E-state index in [0.717, 1.165) is 19.3 Å². The predicted octanol–water partition coefficient (Wildman–Crippen LogP) is 5.92. The van der Waals surface area contributed by atoms with Crippen molar-refractivity contribution >= 4 is 11.9 Å². The molecule has 34 heavy (non-hydrogen) atoms. The quantitative estimate of drug-likeness (QED) is 0.100. The van der Waals surface area contributed by atoms with Crippen molar-refractivity contribution in [1.29, 1.82) is 0 Å². The summed E-state index contributed by atoms with van der Waals surface area (Å²) in [5, 5.41) is 13.7. The Balaban J connectivity index is 3.32. The molecule has 0 aliphatic heterocycles. The minimum absolute atomic E-state index is 0.00461. The third-order valence-electron chi connectivity index (χ3n) is 6.49. The fraction of sp³-hybridized carbons (Fsp3) is 0.862. The van der Waals surface area contributed by atoms with E-state index < -0.39 is 5.97 Å². The Kier molecular flexibility index (Phi) is 22.4. The van der Waals surface area contributed by atoms with Crippen LogP contribution in [0.15, 0.2) is 12.2 Å². The zero-order chi connectivity index (χ0) is 25.3. The Morgan fingerprint density at radius 2 is 1.18 bits per heavy atom. The lowest BCUT2D eigenvalue weighted by molar-refractivity contribution is -0.884. The number of carboxylic acid groups (broad SMARTS) is 1. The number of quaternary nitrogens is 1. The van der Waals surface area contributed by atoms with E-state index in [4.69, 9.17) is 0 Å². The van der Waals surface area contributed by atoms with Crippen LogP contribution in [0.3, 0.4) is 0 Å². The average Bonchev–Trinajstić information content (AvgIpc) is 2.77. The average molecular weight is 481 g/mol. The SMILES string of the molecule is CCCCCCCC/C=C\CCCCCCCCCCCC(=O)NCCC[N+](C)(C)CC(=O)[O-]. The lowest BCUT2D eigenvalue weighted by atomic mass is 10.1. The highest BCUT2D eigenvalue weighted by atomic mass is 16.4. The van der Waals surface area contributed by atoms with E-state index in [-0.39, 0.29) is 12.5 Å². The number of carboxylic acids is 1. The summed E-state index contributed by atoms with van der Waals surface area (Å²) in [5.41, 5.74) is 0. The van der Waals surface area contributed by atoms with E-state index in [1.807, 2.05) is 14.1 Å². The van der Waals surface area contributed by atoms with Gasteiger partial charge in [0.1, 0.15) is 6.54 Å². The summed E-state index contributed by atoms with van der Waals surface area (Å²) in [6, 6.07) is 0. The number of carbonyl (C=O) groups is 2. The van der Waals surface area contributed by atoms with Crippen molar-refractivity contribution in [2.45, 2.75) is 129 Å². The van der Waals surface area contributed by atoms with Gasteiger partial charge < -0.3 is 19.7 Å². The minimum Gasteiger partial charge on any atom is -0.544 e. The molecule has 0 fully saturated rings. The molecule has 0 heterocycles. The van der Waals surface area contributed by atoms with Crippen molar-refractivity contribution in [3.8, 4) is 0 Å². The van der Waals surface area contributed by atoms with Crippen LogP contribution in [0.2, 0.25) is 0 Å². The van der Waals surface area contributed by atoms with Crippen LogP contribution in [0.1, 0.15) is 129 Å². The Morgan fingerprint density at radius 1 is 0.706 bits per heavy atom. The molecule has 0 unspecified atom stereocenters. The minimum atomic E-state index is -1.03. The third-order valence-corrected chi connectivity index (χ3v) is 6.49. The molecule has 1 N–H and O–H groups in total. The molecular formula is C29H56N2O3. The molecule has 5 nitrogen and oxygen atoms in total. The summed E-state index contributed by atoms with van der Waals surface area (Å²) >= 11 is 0. The van der Waals surface area contributed by atoms with Crippen molar-refractivity contribution < 1.29 is 19.2 Å². The molecule has 5 heteroatoms. The summed E-state index contributed by atoms with van der Waals surface area (Å²) in [7, 11) is 3.74. The van der Waals surface area contributed by atoms with Crippen LogP contribution in [0.4, 0.5) is 0 Å². The van der Waals surface area contributed by atoms with Gasteiger partial charge in [0.05, 0.1) is 26.6 Å². The molecule has 0 aromatic heterocycles. The van der Waals surface area contributed by atoms with E-state index in [9.17, 15) is 14.7 Å². The molecule has 1 amide bonds. The van der Waals surface area contributed by atoms with Crippen LogP contribution < -0.4 is 10.4 Å². The van der Waals surface area contributed by atoms with E-state index in [2.05, 4.69) is 24.4 Å². The number of nitrogens with one attached hydrogen (secondary N) is 1. The second kappa shape index (κ2) is 23.4. The molecule has 0 spiro atoms. The zero-order valence-electron chi connectivity index (χ0n) is 22.9. The lowest BCUT2D eigenvalue weighted by Crippen LogP contribution is -2.49. The first-order chi connectivity index (χ1) is 16.4. The molecule has 0 radical (unpaired) electrons. The van der Waals surface area contributed by atoms with Crippen molar-refractivity contribution in [3.63, 3.8) is 0 Å². The molecule has 0 saturated carbocycles. The summed E-state index contributed by atoms with van der Waals surface area (Å²) < 4.78 is 0.383. The van der Waals surface area contributed by atoms with Crippen molar-refractivity contribution in [2.24, 2.45) is 0 Å². The van der Waals surface area contributed by atoms with Crippen molar-refractivity contribution in [1.82, 2.24) is 5.32 Å². The number of nitrogens with zero attached hydrogens (tertiary/aromatic N) is 1. The maximum Gasteiger partial charge on any atom is 0.219 e. The van der Waals surface area contributed by atoms with Gasteiger partial charge in [-0.05, 0) is 32.1 Å². The van der Waals surface area contributed by atoms with Gasteiger partial charge in [-0.3, -0.25) is 4.79 Å². The first kappa shape index (κ1) is 32.6. The fourth-order valence-electron chi connectivity index (χ4n) is 4.32. The van der Waals surface area contributed by atoms with Gasteiger partial charge in [0.15, 0.2) is 0 Å². The molecule has 200 valence electrons. The smallest absolute Gasteiger partial charge is 0.219 e. The predicted molar refractivity (Wildman–Crippen MR) is 142 cm³/mol. The van der Waals surface area contributed by atoms with Gasteiger partial charge in [-0.1, -0.05) is 96.1 Å². The normalized spacial score (nSPS) is 11.9. The van der Waals surface area contributed by atoms with Gasteiger partial charge in [-0.2, -0.15) is 0 Å². The first-order valence-electron chi connectivity index (χ1n) is 14.3. The van der Waals surface area contributed by atoms with E-state index in [1.54, 1.807) is 0 Å². The highest BCUT2D eigenvalue weighted by Crippen LogP contribution is 2.12. The zero-order valence-corrected chi connectivity index (χ0v) is 22.9. The highest BCUT2D eigenvalue weighted by molar-refractivity contribution is 5.75. The van der Waals surface area contributed by atoms with E-state index >= 15 is 0 Å². The number of rotatable bonds is 25. The molecule has 0 rings (SSSR count). The van der Waals surface area contributed by atoms with Gasteiger partial charge in [-0.15, -0.1) is 0 Å². The van der Waals surface area contributed by atoms with E-state index in [1.165, 1.54) is 96.3 Å². The molecule has 0 aliphatic rings. The number of allylic oxidation sites excluding steroid dienone is 2. The Labute approximate surface area is 211 Å². The molecule has 0 aromatic rings. The Hall–Kier alpha value is -1.36. The largest absolute Gasteiger partial charge is 0.544 e. The number of hydrogen-bond acceptors (Lipinski definition) is 3. The summed E-state index contributed by atoms with van der Waals surface area (Å²) in [6.45, 7) is 3.60. The van der Waals surface area contributed by atoms with Crippen LogP contribution in [0.25, 0.3) is 0 Å². The van der Waals surface area contributed by atoms with Crippen LogP contribution in [0, 0.1) is 0 Å². The maximum absolute atomic E-state index is 11.9. The van der Waals surface area contributed by atoms with Crippen molar-refractivity contribution in [2.75, 3.05) is 33.7 Å². The number of aliphatic carboxylic acids is 1. The summed E-state index contributed by atoms with van der Waals surface area (Å²) in [4.78, 5) is 22.6. The van der Waals surface area contributed by atoms with Crippen LogP contribution in [-0.4, -0.2) is 50.1 Å². The van der Waals surface area contributed by atoms with Crippen LogP contribution >= 0.6 is 0 Å². The van der Waals surface area contributed by atoms with Gasteiger partial charge in [0.2, 0.25) is 5.91 Å². The van der Waals surface area contributed by atoms with Crippen LogP contribution in [-0.2, 0) is 9.59 Å². The topological polar surface area (TPSA) is 69.2 Å². The molecule has 0 saturated heterocycles. The van der Waals surface area contributed by atoms with Gasteiger partial charge in [0.25, 0.3) is 0 Å². The number of amides is 1. The first-order valence-corrected chi connectivity index (χ1v) is 14.3. The number of likely N-dealkylation sites (N-methyl/N-ethyl adjacent to an activating group) is 1. The molecule has 0 atom stereocenters. The van der Waals surface area contributed by atoms with Crippen LogP contribution in [0.5, 0.6) is 0 Å². The number of unbranched alkanes of at least 4 members (excludes halogenated alkanes) is 15. The molecule has 0 aliphatic carbocycles. The van der Waals surface area contributed by atoms with Gasteiger partial charge in [-0.25, -0.2) is 0 Å². The molecular weight excluding hydrogens is 424 g/mol. The Bertz CT molecular complexity index is 518. The second-order valence-corrected chi connectivity index (χ2v) is 10.6. The number of carbonyl (C=O) groups excluding carboxylic acids is 2. The highest BCUT2D eigenvalue weighted by Gasteiger charge is 2.14. The summed E-state index contributed by atoms with van der Waals surface area (Å²) in [6.07, 6.45) is 28.3. The van der Waals surface area contributed by atoms with E-state index in [0.29, 0.717) is 24.0 Å². The standard InChI is InChI=1S/C29H56N2O3/c1-4-5-6-7-8-9-10-11-12-13-14-15-16-17-18-19-20-21-22-24-28(32)30-25-23-26-31(2,3)27-29(33)34/h11-12H,4-10,13-27H2,1-3H3,(H-,30,32,33,34)/b12-11-. The second-order valence-electron chi connectivity index (χ2n) is 10.6. The molecule has 0 bridgehead atoms. The fourth-order valence-corrected chi connectivity index (χ4v) is 4.32. The molecule has 0 aromatic carbocycles.